The van der Waals surface area contributed by atoms with Gasteiger partial charge in [-0.25, -0.2) is 0 Å². The average Bonchev–Trinajstić information content (AvgIpc) is 2.56. The molecule has 0 fully saturated rings. The zero-order valence-corrected chi connectivity index (χ0v) is 13.8. The third kappa shape index (κ3) is 4.60. The van der Waals surface area contributed by atoms with Gasteiger partial charge in [-0.1, -0.05) is 35.9 Å². The summed E-state index contributed by atoms with van der Waals surface area (Å²) in [7, 11) is 0. The van der Waals surface area contributed by atoms with Crippen LogP contribution < -0.4 is 9.47 Å². The lowest BCUT2D eigenvalue weighted by atomic mass is 10.1. The largest absolute Gasteiger partial charge is 0.490 e. The topological polar surface area (TPSA) is 38.7 Å². The summed E-state index contributed by atoms with van der Waals surface area (Å²) < 4.78 is 11.7. The Morgan fingerprint density at radius 3 is 2.43 bits per heavy atom. The van der Waals surface area contributed by atoms with E-state index in [1.807, 2.05) is 25.1 Å². The summed E-state index contributed by atoms with van der Waals surface area (Å²) >= 11 is 0. The minimum atomic E-state index is -0.0253. The first kappa shape index (κ1) is 17.1. The Labute approximate surface area is 138 Å². The number of benzene rings is 2. The van der Waals surface area contributed by atoms with E-state index < -0.39 is 0 Å². The molecule has 0 aromatic heterocycles. The van der Waals surface area contributed by atoms with E-state index >= 15 is 0 Å². The van der Waals surface area contributed by atoms with Crippen molar-refractivity contribution < 1.29 is 14.6 Å². The Bertz CT molecular complexity index is 645. The van der Waals surface area contributed by atoms with Gasteiger partial charge < -0.3 is 14.6 Å². The van der Waals surface area contributed by atoms with Crippen LogP contribution >= 0.6 is 0 Å². The van der Waals surface area contributed by atoms with Crippen molar-refractivity contribution in [3.8, 4) is 11.5 Å². The average molecular weight is 312 g/mol. The zero-order chi connectivity index (χ0) is 16.7. The highest BCUT2D eigenvalue weighted by molar-refractivity contribution is 5.50. The summed E-state index contributed by atoms with van der Waals surface area (Å²) in [4.78, 5) is 0. The SMILES string of the molecule is C=CCc1cc(CO)cc(OCC)c1OCc1ccc(C)cc1. The molecule has 0 aliphatic heterocycles. The first-order valence-corrected chi connectivity index (χ1v) is 7.86. The Morgan fingerprint density at radius 2 is 1.83 bits per heavy atom. The van der Waals surface area contributed by atoms with E-state index in [-0.39, 0.29) is 6.61 Å². The zero-order valence-electron chi connectivity index (χ0n) is 13.8. The molecule has 23 heavy (non-hydrogen) atoms. The fourth-order valence-corrected chi connectivity index (χ4v) is 2.39. The minimum Gasteiger partial charge on any atom is -0.490 e. The van der Waals surface area contributed by atoms with Gasteiger partial charge in [-0.15, -0.1) is 6.58 Å². The van der Waals surface area contributed by atoms with Crippen LogP contribution in [-0.2, 0) is 19.6 Å². The molecule has 0 saturated carbocycles. The maximum Gasteiger partial charge on any atom is 0.165 e. The Balaban J connectivity index is 2.29. The van der Waals surface area contributed by atoms with Crippen LogP contribution in [0.15, 0.2) is 49.1 Å². The predicted molar refractivity (Wildman–Crippen MR) is 92.9 cm³/mol. The van der Waals surface area contributed by atoms with E-state index in [2.05, 4.69) is 37.8 Å². The summed E-state index contributed by atoms with van der Waals surface area (Å²) in [5.41, 5.74) is 4.12. The van der Waals surface area contributed by atoms with Crippen LogP contribution in [0.4, 0.5) is 0 Å². The normalized spacial score (nSPS) is 10.4. The lowest BCUT2D eigenvalue weighted by molar-refractivity contribution is 0.261. The first-order valence-electron chi connectivity index (χ1n) is 7.86. The van der Waals surface area contributed by atoms with E-state index in [4.69, 9.17) is 9.47 Å². The molecule has 0 aliphatic carbocycles. The molecule has 3 heteroatoms. The van der Waals surface area contributed by atoms with Crippen molar-refractivity contribution >= 4 is 0 Å². The van der Waals surface area contributed by atoms with Gasteiger partial charge in [0.25, 0.3) is 0 Å². The molecule has 0 spiro atoms. The van der Waals surface area contributed by atoms with Crippen LogP contribution in [0.3, 0.4) is 0 Å². The molecule has 3 nitrogen and oxygen atoms in total. The number of aliphatic hydroxyl groups is 1. The molecule has 2 aromatic carbocycles. The molecular weight excluding hydrogens is 288 g/mol. The maximum absolute atomic E-state index is 9.43. The van der Waals surface area contributed by atoms with Crippen molar-refractivity contribution in [3.05, 3.63) is 71.3 Å². The second-order valence-electron chi connectivity index (χ2n) is 5.44. The monoisotopic (exact) mass is 312 g/mol. The molecule has 0 bridgehead atoms. The Hall–Kier alpha value is -2.26. The molecule has 0 atom stereocenters. The number of aliphatic hydroxyl groups excluding tert-OH is 1. The van der Waals surface area contributed by atoms with Gasteiger partial charge in [-0.05, 0) is 43.5 Å². The highest BCUT2D eigenvalue weighted by Crippen LogP contribution is 2.34. The molecule has 0 radical (unpaired) electrons. The second kappa shape index (κ2) is 8.39. The summed E-state index contributed by atoms with van der Waals surface area (Å²) in [5, 5.41) is 9.43. The van der Waals surface area contributed by atoms with E-state index in [1.54, 1.807) is 0 Å². The molecule has 0 amide bonds. The van der Waals surface area contributed by atoms with Gasteiger partial charge in [0.05, 0.1) is 13.2 Å². The molecule has 2 rings (SSSR count). The van der Waals surface area contributed by atoms with Crippen molar-refractivity contribution in [2.24, 2.45) is 0 Å². The molecule has 0 aliphatic rings. The highest BCUT2D eigenvalue weighted by Gasteiger charge is 2.13. The highest BCUT2D eigenvalue weighted by atomic mass is 16.5. The number of rotatable bonds is 8. The predicted octanol–water partition coefficient (Wildman–Crippen LogP) is 4.19. The van der Waals surface area contributed by atoms with Gasteiger partial charge >= 0.3 is 0 Å². The van der Waals surface area contributed by atoms with E-state index in [0.717, 1.165) is 22.4 Å². The lowest BCUT2D eigenvalue weighted by Crippen LogP contribution is -2.04. The lowest BCUT2D eigenvalue weighted by Gasteiger charge is -2.17. The van der Waals surface area contributed by atoms with E-state index in [0.29, 0.717) is 25.4 Å². The Morgan fingerprint density at radius 1 is 1.09 bits per heavy atom. The van der Waals surface area contributed by atoms with Crippen molar-refractivity contribution in [2.75, 3.05) is 6.61 Å². The second-order valence-corrected chi connectivity index (χ2v) is 5.44. The summed E-state index contributed by atoms with van der Waals surface area (Å²) in [6.45, 7) is 8.79. The van der Waals surface area contributed by atoms with Crippen LogP contribution in [-0.4, -0.2) is 11.7 Å². The summed E-state index contributed by atoms with van der Waals surface area (Å²) in [5.74, 6) is 1.40. The van der Waals surface area contributed by atoms with E-state index in [9.17, 15) is 5.11 Å². The van der Waals surface area contributed by atoms with Crippen LogP contribution in [0.1, 0.15) is 29.2 Å². The van der Waals surface area contributed by atoms with Crippen molar-refractivity contribution in [1.82, 2.24) is 0 Å². The molecule has 0 saturated heterocycles. The van der Waals surface area contributed by atoms with Crippen molar-refractivity contribution in [1.29, 1.82) is 0 Å². The van der Waals surface area contributed by atoms with Gasteiger partial charge in [-0.2, -0.15) is 0 Å². The fourth-order valence-electron chi connectivity index (χ4n) is 2.39. The maximum atomic E-state index is 9.43. The fraction of sp³-hybridized carbons (Fsp3) is 0.300. The van der Waals surface area contributed by atoms with Crippen LogP contribution in [0.5, 0.6) is 11.5 Å². The van der Waals surface area contributed by atoms with Crippen LogP contribution in [0.2, 0.25) is 0 Å². The molecule has 122 valence electrons. The molecule has 0 heterocycles. The van der Waals surface area contributed by atoms with Gasteiger partial charge in [0.15, 0.2) is 11.5 Å². The summed E-state index contributed by atoms with van der Waals surface area (Å²) in [6.07, 6.45) is 2.49. The third-order valence-corrected chi connectivity index (χ3v) is 3.54. The third-order valence-electron chi connectivity index (χ3n) is 3.54. The van der Waals surface area contributed by atoms with Crippen LogP contribution in [0.25, 0.3) is 0 Å². The van der Waals surface area contributed by atoms with Crippen LogP contribution in [0, 0.1) is 6.92 Å². The number of aryl methyl sites for hydroxylation is 1. The van der Waals surface area contributed by atoms with Crippen molar-refractivity contribution in [3.63, 3.8) is 0 Å². The van der Waals surface area contributed by atoms with Crippen molar-refractivity contribution in [2.45, 2.75) is 33.5 Å². The summed E-state index contributed by atoms with van der Waals surface area (Å²) in [6, 6.07) is 12.0. The number of hydrogen-bond acceptors (Lipinski definition) is 3. The van der Waals surface area contributed by atoms with E-state index in [1.165, 1.54) is 5.56 Å². The number of ether oxygens (including phenoxy) is 2. The quantitative estimate of drug-likeness (QED) is 0.743. The van der Waals surface area contributed by atoms with Gasteiger partial charge in [0, 0.05) is 5.56 Å². The molecular formula is C20H24O3. The standard InChI is InChI=1S/C20H24O3/c1-4-6-18-11-17(13-21)12-19(22-5-2)20(18)23-14-16-9-7-15(3)8-10-16/h4,7-12,21H,1,5-6,13-14H2,2-3H3. The molecule has 0 unspecified atom stereocenters. The Kier molecular flexibility index (Phi) is 6.24. The molecule has 2 aromatic rings. The first-order chi connectivity index (χ1) is 11.2. The van der Waals surface area contributed by atoms with Gasteiger partial charge in [0.2, 0.25) is 0 Å². The van der Waals surface area contributed by atoms with Gasteiger partial charge in [0.1, 0.15) is 6.61 Å². The minimum absolute atomic E-state index is 0.0253. The number of hydrogen-bond donors (Lipinski definition) is 1. The molecule has 1 N–H and O–H groups in total. The number of allylic oxidation sites excluding steroid dienone is 1. The smallest absolute Gasteiger partial charge is 0.165 e. The van der Waals surface area contributed by atoms with Gasteiger partial charge in [-0.3, -0.25) is 0 Å².